The minimum absolute atomic E-state index is 0.464. The van der Waals surface area contributed by atoms with Crippen LogP contribution in [0.3, 0.4) is 0 Å². The molecule has 0 amide bonds. The molecule has 0 spiro atoms. The third-order valence-electron chi connectivity index (χ3n) is 2.40. The maximum absolute atomic E-state index is 8.71. The third kappa shape index (κ3) is 2.93. The van der Waals surface area contributed by atoms with Crippen molar-refractivity contribution in [3.8, 4) is 17.5 Å². The Labute approximate surface area is 105 Å². The van der Waals surface area contributed by atoms with Crippen LogP contribution in [0.5, 0.6) is 0 Å². The van der Waals surface area contributed by atoms with Crippen LogP contribution >= 0.6 is 0 Å². The Hall–Kier alpha value is -2.19. The summed E-state index contributed by atoms with van der Waals surface area (Å²) in [7, 11) is 0. The summed E-state index contributed by atoms with van der Waals surface area (Å²) in [5, 5.41) is 12.6. The van der Waals surface area contributed by atoms with Crippen LogP contribution < -0.4 is 0 Å². The van der Waals surface area contributed by atoms with Gasteiger partial charge in [0.15, 0.2) is 5.82 Å². The van der Waals surface area contributed by atoms with Crippen LogP contribution in [-0.2, 0) is 11.2 Å². The van der Waals surface area contributed by atoms with Gasteiger partial charge in [-0.2, -0.15) is 10.2 Å². The lowest BCUT2D eigenvalue weighted by Crippen LogP contribution is -1.99. The van der Waals surface area contributed by atoms with E-state index in [1.165, 1.54) is 0 Å². The van der Waals surface area contributed by atoms with Gasteiger partial charge in [-0.3, -0.25) is 0 Å². The third-order valence-corrected chi connectivity index (χ3v) is 2.40. The largest absolute Gasteiger partial charge is 0.381 e. The van der Waals surface area contributed by atoms with E-state index in [9.17, 15) is 0 Å². The van der Waals surface area contributed by atoms with E-state index >= 15 is 0 Å². The zero-order valence-corrected chi connectivity index (χ0v) is 10.1. The number of aromatic nitrogens is 2. The highest BCUT2D eigenvalue weighted by Gasteiger charge is 2.08. The molecular formula is C13H13N3O2. The molecule has 18 heavy (non-hydrogen) atoms. The molecule has 0 saturated heterocycles. The van der Waals surface area contributed by atoms with Crippen molar-refractivity contribution < 1.29 is 9.26 Å². The Morgan fingerprint density at radius 3 is 2.78 bits per heavy atom. The van der Waals surface area contributed by atoms with Gasteiger partial charge >= 0.3 is 0 Å². The average molecular weight is 243 g/mol. The molecule has 2 rings (SSSR count). The molecule has 92 valence electrons. The highest BCUT2D eigenvalue weighted by Crippen LogP contribution is 2.17. The van der Waals surface area contributed by atoms with Crippen LogP contribution in [0.1, 0.15) is 18.3 Å². The quantitative estimate of drug-likeness (QED) is 0.752. The Kier molecular flexibility index (Phi) is 4.05. The number of nitrogens with zero attached hydrogens (tertiary/aromatic N) is 3. The molecule has 0 aliphatic heterocycles. The monoisotopic (exact) mass is 243 g/mol. The summed E-state index contributed by atoms with van der Waals surface area (Å²) >= 11 is 0. The molecule has 1 aromatic carbocycles. The van der Waals surface area contributed by atoms with Gasteiger partial charge in [0, 0.05) is 18.6 Å². The molecule has 0 saturated carbocycles. The van der Waals surface area contributed by atoms with Crippen molar-refractivity contribution in [2.24, 2.45) is 0 Å². The molecule has 1 aromatic heterocycles. The highest BCUT2D eigenvalue weighted by molar-refractivity contribution is 5.54. The Bertz CT molecular complexity index is 540. The minimum Gasteiger partial charge on any atom is -0.381 e. The van der Waals surface area contributed by atoms with Crippen LogP contribution in [0.4, 0.5) is 0 Å². The van der Waals surface area contributed by atoms with Gasteiger partial charge in [0.1, 0.15) is 0 Å². The maximum atomic E-state index is 8.71. The zero-order valence-electron chi connectivity index (χ0n) is 10.1. The second kappa shape index (κ2) is 5.94. The van der Waals surface area contributed by atoms with E-state index in [-0.39, 0.29) is 0 Å². The van der Waals surface area contributed by atoms with Crippen molar-refractivity contribution in [1.82, 2.24) is 10.1 Å². The van der Waals surface area contributed by atoms with Crippen LogP contribution in [0, 0.1) is 11.3 Å². The fraction of sp³-hybridized carbons (Fsp3) is 0.308. The smallest absolute Gasteiger partial charge is 0.257 e. The summed E-state index contributed by atoms with van der Waals surface area (Å²) in [5.41, 5.74) is 1.42. The first-order valence-electron chi connectivity index (χ1n) is 5.74. The van der Waals surface area contributed by atoms with E-state index < -0.39 is 0 Å². The normalized spacial score (nSPS) is 10.2. The first kappa shape index (κ1) is 12.3. The average Bonchev–Trinajstić information content (AvgIpc) is 2.88. The van der Waals surface area contributed by atoms with Crippen molar-refractivity contribution >= 4 is 0 Å². The second-order valence-corrected chi connectivity index (χ2v) is 3.65. The molecular weight excluding hydrogens is 230 g/mol. The Balaban J connectivity index is 2.06. The van der Waals surface area contributed by atoms with Gasteiger partial charge in [-0.25, -0.2) is 0 Å². The van der Waals surface area contributed by atoms with Crippen molar-refractivity contribution in [1.29, 1.82) is 5.26 Å². The minimum atomic E-state index is 0.464. The van der Waals surface area contributed by atoms with E-state index in [2.05, 4.69) is 16.2 Å². The molecule has 0 aliphatic carbocycles. The zero-order chi connectivity index (χ0) is 12.8. The van der Waals surface area contributed by atoms with Crippen LogP contribution in [0.2, 0.25) is 0 Å². The molecule has 2 aromatic rings. The second-order valence-electron chi connectivity index (χ2n) is 3.65. The van der Waals surface area contributed by atoms with Crippen LogP contribution in [-0.4, -0.2) is 23.4 Å². The molecule has 0 fully saturated rings. The summed E-state index contributed by atoms with van der Waals surface area (Å²) in [4.78, 5) is 4.27. The van der Waals surface area contributed by atoms with Gasteiger partial charge in [-0.05, 0) is 31.2 Å². The van der Waals surface area contributed by atoms with Crippen molar-refractivity contribution in [2.75, 3.05) is 13.2 Å². The fourth-order valence-corrected chi connectivity index (χ4v) is 1.47. The summed E-state index contributed by atoms with van der Waals surface area (Å²) < 4.78 is 10.4. The SMILES string of the molecule is CCOCCc1noc(-c2ccc(C#N)cc2)n1. The number of benzene rings is 1. The summed E-state index contributed by atoms with van der Waals surface area (Å²) in [6, 6.07) is 9.09. The van der Waals surface area contributed by atoms with Crippen molar-refractivity contribution in [2.45, 2.75) is 13.3 Å². The van der Waals surface area contributed by atoms with Crippen LogP contribution in [0.25, 0.3) is 11.5 Å². The molecule has 0 aliphatic rings. The van der Waals surface area contributed by atoms with Crippen molar-refractivity contribution in [3.05, 3.63) is 35.7 Å². The molecule has 0 atom stereocenters. The first-order valence-corrected chi connectivity index (χ1v) is 5.74. The standard InChI is InChI=1S/C13H13N3O2/c1-2-17-8-7-12-15-13(18-16-12)11-5-3-10(9-14)4-6-11/h3-6H,2,7-8H2,1H3. The molecule has 0 N–H and O–H groups in total. The van der Waals surface area contributed by atoms with Crippen molar-refractivity contribution in [3.63, 3.8) is 0 Å². The molecule has 5 nitrogen and oxygen atoms in total. The van der Waals surface area contributed by atoms with Gasteiger partial charge < -0.3 is 9.26 Å². The fourth-order valence-electron chi connectivity index (χ4n) is 1.47. The number of rotatable bonds is 5. The summed E-state index contributed by atoms with van der Waals surface area (Å²) in [6.45, 7) is 3.21. The van der Waals surface area contributed by atoms with Gasteiger partial charge in [-0.15, -0.1) is 0 Å². The number of hydrogen-bond donors (Lipinski definition) is 0. The van der Waals surface area contributed by atoms with Crippen LogP contribution in [0.15, 0.2) is 28.8 Å². The highest BCUT2D eigenvalue weighted by atomic mass is 16.5. The summed E-state index contributed by atoms with van der Waals surface area (Å²) in [6.07, 6.45) is 0.633. The number of nitriles is 1. The predicted molar refractivity (Wildman–Crippen MR) is 64.6 cm³/mol. The molecule has 0 radical (unpaired) electrons. The molecule has 5 heteroatoms. The predicted octanol–water partition coefficient (Wildman–Crippen LogP) is 2.19. The maximum Gasteiger partial charge on any atom is 0.257 e. The summed E-state index contributed by atoms with van der Waals surface area (Å²) in [5.74, 6) is 1.09. The molecule has 0 unspecified atom stereocenters. The van der Waals surface area contributed by atoms with E-state index in [0.29, 0.717) is 36.9 Å². The lowest BCUT2D eigenvalue weighted by Gasteiger charge is -1.95. The van der Waals surface area contributed by atoms with E-state index in [1.807, 2.05) is 6.92 Å². The van der Waals surface area contributed by atoms with E-state index in [0.717, 1.165) is 5.56 Å². The van der Waals surface area contributed by atoms with Gasteiger partial charge in [0.2, 0.25) is 0 Å². The first-order chi connectivity index (χ1) is 8.83. The lowest BCUT2D eigenvalue weighted by molar-refractivity contribution is 0.149. The topological polar surface area (TPSA) is 71.9 Å². The van der Waals surface area contributed by atoms with Gasteiger partial charge in [0.25, 0.3) is 5.89 Å². The molecule has 0 bridgehead atoms. The number of ether oxygens (including phenoxy) is 1. The van der Waals surface area contributed by atoms with Gasteiger partial charge in [-0.1, -0.05) is 5.16 Å². The number of hydrogen-bond acceptors (Lipinski definition) is 5. The van der Waals surface area contributed by atoms with E-state index in [4.69, 9.17) is 14.5 Å². The Morgan fingerprint density at radius 2 is 2.11 bits per heavy atom. The lowest BCUT2D eigenvalue weighted by atomic mass is 10.1. The van der Waals surface area contributed by atoms with Gasteiger partial charge in [0.05, 0.1) is 18.2 Å². The van der Waals surface area contributed by atoms with E-state index in [1.54, 1.807) is 24.3 Å². The Morgan fingerprint density at radius 1 is 1.33 bits per heavy atom. The molecule has 1 heterocycles.